The van der Waals surface area contributed by atoms with Crippen LogP contribution in [0.2, 0.25) is 0 Å². The van der Waals surface area contributed by atoms with E-state index in [-0.39, 0.29) is 17.1 Å². The second kappa shape index (κ2) is 8.76. The third kappa shape index (κ3) is 4.49. The summed E-state index contributed by atoms with van der Waals surface area (Å²) in [6, 6.07) is 24.4. The van der Waals surface area contributed by atoms with Gasteiger partial charge in [-0.15, -0.1) is 0 Å². The van der Waals surface area contributed by atoms with E-state index in [2.05, 4.69) is 20.9 Å². The van der Waals surface area contributed by atoms with Crippen LogP contribution in [-0.4, -0.2) is 21.1 Å². The highest BCUT2D eigenvalue weighted by Gasteiger charge is 2.14. The number of fused-ring (bicyclic) bond motifs is 1. The first-order valence-corrected chi connectivity index (χ1v) is 10.8. The van der Waals surface area contributed by atoms with E-state index >= 15 is 0 Å². The highest BCUT2D eigenvalue weighted by Crippen LogP contribution is 2.21. The molecule has 0 aliphatic heterocycles. The Bertz CT molecular complexity index is 1220. The molecule has 4 rings (SSSR count). The molecule has 0 bridgehead atoms. The van der Waals surface area contributed by atoms with Crippen LogP contribution in [-0.2, 0) is 6.54 Å². The van der Waals surface area contributed by atoms with Gasteiger partial charge in [-0.1, -0.05) is 82.3 Å². The van der Waals surface area contributed by atoms with Crippen LogP contribution < -0.4 is 5.56 Å². The first-order chi connectivity index (χ1) is 14.1. The zero-order valence-corrected chi connectivity index (χ0v) is 17.8. The number of hydrogen-bond acceptors (Lipinski definition) is 4. The minimum absolute atomic E-state index is 0.00355. The SMILES string of the molecule is O=C(CSc1nc2ccccc2c(=O)n1Cc1ccccc1)c1ccc(Br)cc1. The third-order valence-electron chi connectivity index (χ3n) is 4.51. The normalized spacial score (nSPS) is 10.9. The summed E-state index contributed by atoms with van der Waals surface area (Å²) >= 11 is 4.67. The minimum Gasteiger partial charge on any atom is -0.293 e. The average molecular weight is 465 g/mol. The van der Waals surface area contributed by atoms with E-state index in [0.29, 0.717) is 28.2 Å². The number of ketones is 1. The lowest BCUT2D eigenvalue weighted by Gasteiger charge is -2.13. The van der Waals surface area contributed by atoms with Gasteiger partial charge in [-0.05, 0) is 29.8 Å². The molecule has 6 heteroatoms. The van der Waals surface area contributed by atoms with Crippen LogP contribution >= 0.6 is 27.7 Å². The summed E-state index contributed by atoms with van der Waals surface area (Å²) in [5, 5.41) is 1.12. The number of nitrogens with zero attached hydrogens (tertiary/aromatic N) is 2. The van der Waals surface area contributed by atoms with Crippen LogP contribution in [0.25, 0.3) is 10.9 Å². The smallest absolute Gasteiger partial charge is 0.262 e. The second-order valence-corrected chi connectivity index (χ2v) is 8.37. The van der Waals surface area contributed by atoms with E-state index in [1.54, 1.807) is 22.8 Å². The fourth-order valence-corrected chi connectivity index (χ4v) is 4.17. The van der Waals surface area contributed by atoms with Gasteiger partial charge in [-0.2, -0.15) is 0 Å². The second-order valence-electron chi connectivity index (χ2n) is 6.51. The molecular weight excluding hydrogens is 448 g/mol. The van der Waals surface area contributed by atoms with E-state index in [9.17, 15) is 9.59 Å². The van der Waals surface area contributed by atoms with Gasteiger partial charge in [0.15, 0.2) is 10.9 Å². The van der Waals surface area contributed by atoms with E-state index in [0.717, 1.165) is 10.0 Å². The van der Waals surface area contributed by atoms with Crippen LogP contribution in [0.4, 0.5) is 0 Å². The molecule has 0 aliphatic carbocycles. The maximum absolute atomic E-state index is 13.1. The Balaban J connectivity index is 1.68. The Labute approximate surface area is 180 Å². The van der Waals surface area contributed by atoms with Crippen LogP contribution in [0.5, 0.6) is 0 Å². The van der Waals surface area contributed by atoms with Crippen molar-refractivity contribution in [2.75, 3.05) is 5.75 Å². The number of carbonyl (C=O) groups excluding carboxylic acids is 1. The van der Waals surface area contributed by atoms with E-state index in [1.165, 1.54) is 11.8 Å². The highest BCUT2D eigenvalue weighted by molar-refractivity contribution is 9.10. The molecule has 144 valence electrons. The Hall–Kier alpha value is -2.70. The van der Waals surface area contributed by atoms with Crippen molar-refractivity contribution < 1.29 is 4.79 Å². The number of rotatable bonds is 6. The van der Waals surface area contributed by atoms with Crippen molar-refractivity contribution in [2.45, 2.75) is 11.7 Å². The fourth-order valence-electron chi connectivity index (χ4n) is 3.01. The lowest BCUT2D eigenvalue weighted by molar-refractivity contribution is 0.102. The van der Waals surface area contributed by atoms with Gasteiger partial charge in [0.1, 0.15) is 0 Å². The molecule has 1 aromatic heterocycles. The number of carbonyl (C=O) groups is 1. The summed E-state index contributed by atoms with van der Waals surface area (Å²) in [6.45, 7) is 0.409. The van der Waals surface area contributed by atoms with Crippen molar-refractivity contribution in [2.24, 2.45) is 0 Å². The van der Waals surface area contributed by atoms with E-state index in [4.69, 9.17) is 0 Å². The summed E-state index contributed by atoms with van der Waals surface area (Å²) in [5.74, 6) is 0.206. The Morgan fingerprint density at radius 3 is 2.38 bits per heavy atom. The van der Waals surface area contributed by atoms with Crippen molar-refractivity contribution in [1.82, 2.24) is 9.55 Å². The van der Waals surface area contributed by atoms with Gasteiger partial charge in [0.25, 0.3) is 5.56 Å². The molecule has 1 heterocycles. The Kier molecular flexibility index (Phi) is 5.92. The van der Waals surface area contributed by atoms with Crippen molar-refractivity contribution in [1.29, 1.82) is 0 Å². The van der Waals surface area contributed by atoms with Crippen LogP contribution in [0.3, 0.4) is 0 Å². The number of halogens is 1. The van der Waals surface area contributed by atoms with E-state index < -0.39 is 0 Å². The van der Waals surface area contributed by atoms with Crippen LogP contribution in [0.1, 0.15) is 15.9 Å². The summed E-state index contributed by atoms with van der Waals surface area (Å²) < 4.78 is 2.58. The topological polar surface area (TPSA) is 52.0 Å². The maximum atomic E-state index is 13.1. The molecule has 0 amide bonds. The summed E-state index contributed by atoms with van der Waals surface area (Å²) in [6.07, 6.45) is 0. The lowest BCUT2D eigenvalue weighted by atomic mass is 10.2. The summed E-state index contributed by atoms with van der Waals surface area (Å²) in [5.41, 5.74) is 2.18. The first-order valence-electron chi connectivity index (χ1n) is 9.07. The lowest BCUT2D eigenvalue weighted by Crippen LogP contribution is -2.24. The minimum atomic E-state index is -0.0990. The Morgan fingerprint density at radius 2 is 1.62 bits per heavy atom. The van der Waals surface area contributed by atoms with Crippen molar-refractivity contribution in [3.63, 3.8) is 0 Å². The summed E-state index contributed by atoms with van der Waals surface area (Å²) in [7, 11) is 0. The van der Waals surface area contributed by atoms with Gasteiger partial charge in [0.2, 0.25) is 0 Å². The maximum Gasteiger partial charge on any atom is 0.262 e. The highest BCUT2D eigenvalue weighted by atomic mass is 79.9. The van der Waals surface area contributed by atoms with Gasteiger partial charge in [0, 0.05) is 10.0 Å². The standard InChI is InChI=1S/C23H17BrN2O2S/c24-18-12-10-17(11-13-18)21(27)15-29-23-25-20-9-5-4-8-19(20)22(28)26(23)14-16-6-2-1-3-7-16/h1-13H,14-15H2. The molecule has 0 N–H and O–H groups in total. The quantitative estimate of drug-likeness (QED) is 0.224. The first kappa shape index (κ1) is 19.6. The molecule has 0 saturated carbocycles. The molecule has 0 atom stereocenters. The predicted octanol–water partition coefficient (Wildman–Crippen LogP) is 5.18. The van der Waals surface area contributed by atoms with E-state index in [1.807, 2.05) is 60.7 Å². The molecule has 29 heavy (non-hydrogen) atoms. The molecule has 4 aromatic rings. The molecule has 4 nitrogen and oxygen atoms in total. The van der Waals surface area contributed by atoms with Gasteiger partial charge in [-0.3, -0.25) is 14.2 Å². The van der Waals surface area contributed by atoms with Gasteiger partial charge in [0.05, 0.1) is 23.2 Å². The third-order valence-corrected chi connectivity index (χ3v) is 6.01. The largest absolute Gasteiger partial charge is 0.293 e. The summed E-state index contributed by atoms with van der Waals surface area (Å²) in [4.78, 5) is 30.4. The molecule has 0 saturated heterocycles. The van der Waals surface area contributed by atoms with Crippen LogP contribution in [0, 0.1) is 0 Å². The predicted molar refractivity (Wildman–Crippen MR) is 121 cm³/mol. The molecule has 0 unspecified atom stereocenters. The van der Waals surface area contributed by atoms with Crippen molar-refractivity contribution >= 4 is 44.4 Å². The van der Waals surface area contributed by atoms with Crippen molar-refractivity contribution in [3.05, 3.63) is 105 Å². The van der Waals surface area contributed by atoms with Gasteiger partial charge >= 0.3 is 0 Å². The Morgan fingerprint density at radius 1 is 0.931 bits per heavy atom. The van der Waals surface area contributed by atoms with Crippen LogP contribution in [0.15, 0.2) is 93.3 Å². The monoisotopic (exact) mass is 464 g/mol. The zero-order chi connectivity index (χ0) is 20.2. The average Bonchev–Trinajstić information content (AvgIpc) is 2.75. The molecular formula is C23H17BrN2O2S. The molecule has 0 aliphatic rings. The zero-order valence-electron chi connectivity index (χ0n) is 15.4. The van der Waals surface area contributed by atoms with Gasteiger partial charge in [-0.25, -0.2) is 4.98 Å². The number of hydrogen-bond donors (Lipinski definition) is 0. The number of benzene rings is 3. The van der Waals surface area contributed by atoms with Gasteiger partial charge < -0.3 is 0 Å². The molecule has 3 aromatic carbocycles. The molecule has 0 fully saturated rings. The number of thioether (sulfide) groups is 1. The molecule has 0 radical (unpaired) electrons. The van der Waals surface area contributed by atoms with Crippen molar-refractivity contribution in [3.8, 4) is 0 Å². The number of Topliss-reactive ketones (excluding diaryl/α,β-unsaturated/α-hetero) is 1. The number of aromatic nitrogens is 2. The number of para-hydroxylation sites is 1. The molecule has 0 spiro atoms. The fraction of sp³-hybridized carbons (Fsp3) is 0.0870.